The van der Waals surface area contributed by atoms with Crippen molar-refractivity contribution in [2.24, 2.45) is 0 Å². The lowest BCUT2D eigenvalue weighted by Crippen LogP contribution is -1.99. The van der Waals surface area contributed by atoms with Gasteiger partial charge in [-0.05, 0) is 40.9 Å². The minimum Gasteiger partial charge on any atom is -0.264 e. The Kier molecular flexibility index (Phi) is 3.74. The van der Waals surface area contributed by atoms with Gasteiger partial charge in [0, 0.05) is 18.0 Å². The van der Waals surface area contributed by atoms with Crippen LogP contribution in [0.15, 0.2) is 22.9 Å². The van der Waals surface area contributed by atoms with Gasteiger partial charge in [-0.2, -0.15) is 0 Å². The molecule has 88 valence electrons. The molecule has 0 fully saturated rings. The molecule has 0 aliphatic heterocycles. The Morgan fingerprint density at radius 2 is 2.12 bits per heavy atom. The summed E-state index contributed by atoms with van der Waals surface area (Å²) in [6, 6.07) is 1.93. The Hall–Kier alpha value is -1.00. The first-order valence-corrected chi connectivity index (χ1v) is 6.43. The van der Waals surface area contributed by atoms with Crippen molar-refractivity contribution in [3.63, 3.8) is 0 Å². The Bertz CT molecular complexity index is 557. The topological polar surface area (TPSA) is 38.7 Å². The van der Waals surface area contributed by atoms with Crippen LogP contribution in [0.1, 0.15) is 18.2 Å². The Balaban J connectivity index is 2.61. The molecule has 2 aromatic rings. The lowest BCUT2D eigenvalue weighted by atomic mass is 10.1. The van der Waals surface area contributed by atoms with Gasteiger partial charge in [-0.25, -0.2) is 9.97 Å². The Morgan fingerprint density at radius 1 is 1.35 bits per heavy atom. The van der Waals surface area contributed by atoms with E-state index >= 15 is 0 Å². The largest absolute Gasteiger partial charge is 0.264 e. The molecule has 0 N–H and O–H groups in total. The van der Waals surface area contributed by atoms with E-state index < -0.39 is 0 Å². The number of hydrogen-bond donors (Lipinski definition) is 0. The van der Waals surface area contributed by atoms with Gasteiger partial charge >= 0.3 is 0 Å². The van der Waals surface area contributed by atoms with E-state index in [1.54, 1.807) is 12.4 Å². The van der Waals surface area contributed by atoms with Crippen molar-refractivity contribution >= 4 is 27.5 Å². The van der Waals surface area contributed by atoms with E-state index in [9.17, 15) is 0 Å². The number of halogens is 2. The van der Waals surface area contributed by atoms with E-state index in [1.807, 2.05) is 19.9 Å². The summed E-state index contributed by atoms with van der Waals surface area (Å²) in [5, 5.41) is 0.440. The van der Waals surface area contributed by atoms with Crippen LogP contribution in [-0.4, -0.2) is 15.0 Å². The third kappa shape index (κ3) is 2.48. The van der Waals surface area contributed by atoms with E-state index in [0.717, 1.165) is 27.7 Å². The molecule has 2 aromatic heterocycles. The number of pyridine rings is 1. The molecule has 0 saturated heterocycles. The van der Waals surface area contributed by atoms with Crippen molar-refractivity contribution in [3.8, 4) is 11.4 Å². The first-order chi connectivity index (χ1) is 8.13. The van der Waals surface area contributed by atoms with Crippen LogP contribution in [0.3, 0.4) is 0 Å². The summed E-state index contributed by atoms with van der Waals surface area (Å²) in [7, 11) is 0. The summed E-state index contributed by atoms with van der Waals surface area (Å²) < 4.78 is 0.770. The molecule has 0 aliphatic carbocycles. The summed E-state index contributed by atoms with van der Waals surface area (Å²) in [5.74, 6) is 0.626. The molecule has 2 heterocycles. The predicted octanol–water partition coefficient (Wildman–Crippen LogP) is 3.83. The van der Waals surface area contributed by atoms with Crippen LogP contribution in [0.2, 0.25) is 5.15 Å². The maximum absolute atomic E-state index is 6.08. The monoisotopic (exact) mass is 311 g/mol. The number of hydrogen-bond acceptors (Lipinski definition) is 3. The van der Waals surface area contributed by atoms with Crippen LogP contribution < -0.4 is 0 Å². The van der Waals surface area contributed by atoms with E-state index in [-0.39, 0.29) is 0 Å². The summed E-state index contributed by atoms with van der Waals surface area (Å²) in [6.45, 7) is 4.03. The maximum atomic E-state index is 6.08. The van der Waals surface area contributed by atoms with Crippen molar-refractivity contribution in [1.82, 2.24) is 15.0 Å². The van der Waals surface area contributed by atoms with Gasteiger partial charge < -0.3 is 0 Å². The number of aromatic nitrogens is 3. The van der Waals surface area contributed by atoms with Crippen LogP contribution in [0.5, 0.6) is 0 Å². The van der Waals surface area contributed by atoms with E-state index in [2.05, 4.69) is 30.9 Å². The second-order valence-electron chi connectivity index (χ2n) is 3.64. The maximum Gasteiger partial charge on any atom is 0.163 e. The fraction of sp³-hybridized carbons (Fsp3) is 0.250. The fourth-order valence-electron chi connectivity index (χ4n) is 1.52. The summed E-state index contributed by atoms with van der Waals surface area (Å²) in [6.07, 6.45) is 4.31. The Labute approximate surface area is 113 Å². The first kappa shape index (κ1) is 12.5. The van der Waals surface area contributed by atoms with Gasteiger partial charge in [0.25, 0.3) is 0 Å². The quantitative estimate of drug-likeness (QED) is 0.791. The van der Waals surface area contributed by atoms with Crippen LogP contribution >= 0.6 is 27.5 Å². The summed E-state index contributed by atoms with van der Waals surface area (Å²) in [4.78, 5) is 12.9. The van der Waals surface area contributed by atoms with E-state index in [1.165, 1.54) is 0 Å². The van der Waals surface area contributed by atoms with Crippen molar-refractivity contribution in [3.05, 3.63) is 39.3 Å². The van der Waals surface area contributed by atoms with Gasteiger partial charge in [0.2, 0.25) is 0 Å². The highest BCUT2D eigenvalue weighted by molar-refractivity contribution is 9.10. The Morgan fingerprint density at radius 3 is 2.76 bits per heavy atom. The molecule has 0 aliphatic rings. The van der Waals surface area contributed by atoms with Gasteiger partial charge in [-0.15, -0.1) is 0 Å². The molecular weight excluding hydrogens is 302 g/mol. The zero-order chi connectivity index (χ0) is 12.4. The van der Waals surface area contributed by atoms with Crippen LogP contribution in [0, 0.1) is 6.92 Å². The lowest BCUT2D eigenvalue weighted by molar-refractivity contribution is 0.988. The zero-order valence-electron chi connectivity index (χ0n) is 9.54. The third-order valence-corrected chi connectivity index (χ3v) is 3.83. The van der Waals surface area contributed by atoms with Crippen LogP contribution in [0.25, 0.3) is 11.4 Å². The normalized spacial score (nSPS) is 10.6. The second-order valence-corrected chi connectivity index (χ2v) is 4.79. The van der Waals surface area contributed by atoms with E-state index in [4.69, 9.17) is 11.6 Å². The molecule has 0 saturated carbocycles. The zero-order valence-corrected chi connectivity index (χ0v) is 11.9. The molecule has 0 amide bonds. The summed E-state index contributed by atoms with van der Waals surface area (Å²) in [5.41, 5.74) is 2.90. The van der Waals surface area contributed by atoms with Crippen molar-refractivity contribution in [2.45, 2.75) is 20.3 Å². The first-order valence-electron chi connectivity index (χ1n) is 5.26. The predicted molar refractivity (Wildman–Crippen MR) is 72.1 cm³/mol. The molecule has 0 unspecified atom stereocenters. The van der Waals surface area contributed by atoms with Crippen molar-refractivity contribution in [1.29, 1.82) is 0 Å². The third-order valence-electron chi connectivity index (χ3n) is 2.49. The van der Waals surface area contributed by atoms with E-state index in [0.29, 0.717) is 11.0 Å². The van der Waals surface area contributed by atoms with Crippen molar-refractivity contribution in [2.75, 3.05) is 0 Å². The standard InChI is InChI=1S/C12H11BrClN3/c1-3-9-10(13)11(14)17-12(16-9)8-6-15-5-4-7(8)2/h4-6H,3H2,1-2H3. The molecule has 0 atom stereocenters. The molecule has 17 heavy (non-hydrogen) atoms. The highest BCUT2D eigenvalue weighted by atomic mass is 79.9. The smallest absolute Gasteiger partial charge is 0.163 e. The fourth-order valence-corrected chi connectivity index (χ4v) is 2.16. The molecule has 2 rings (SSSR count). The van der Waals surface area contributed by atoms with Gasteiger partial charge in [0.1, 0.15) is 5.15 Å². The van der Waals surface area contributed by atoms with Crippen molar-refractivity contribution < 1.29 is 0 Å². The molecule has 0 aromatic carbocycles. The lowest BCUT2D eigenvalue weighted by Gasteiger charge is -2.08. The number of rotatable bonds is 2. The molecular formula is C12H11BrClN3. The number of aryl methyl sites for hydroxylation is 2. The highest BCUT2D eigenvalue weighted by Crippen LogP contribution is 2.28. The summed E-state index contributed by atoms with van der Waals surface area (Å²) >= 11 is 9.47. The molecule has 0 radical (unpaired) electrons. The van der Waals surface area contributed by atoms with Crippen LogP contribution in [-0.2, 0) is 6.42 Å². The average molecular weight is 313 g/mol. The van der Waals surface area contributed by atoms with Gasteiger partial charge in [0.05, 0.1) is 10.2 Å². The molecule has 0 bridgehead atoms. The molecule has 0 spiro atoms. The van der Waals surface area contributed by atoms with Crippen LogP contribution in [0.4, 0.5) is 0 Å². The highest BCUT2D eigenvalue weighted by Gasteiger charge is 2.12. The second kappa shape index (κ2) is 5.10. The minimum atomic E-state index is 0.440. The van der Waals surface area contributed by atoms with Gasteiger partial charge in [-0.1, -0.05) is 18.5 Å². The van der Waals surface area contributed by atoms with Gasteiger partial charge in [-0.3, -0.25) is 4.98 Å². The number of nitrogens with zero attached hydrogens (tertiary/aromatic N) is 3. The molecule has 5 heteroatoms. The minimum absolute atomic E-state index is 0.440. The average Bonchev–Trinajstić information content (AvgIpc) is 2.33. The van der Waals surface area contributed by atoms with Gasteiger partial charge in [0.15, 0.2) is 5.82 Å². The molecule has 3 nitrogen and oxygen atoms in total. The SMILES string of the molecule is CCc1nc(-c2cnccc2C)nc(Cl)c1Br.